The molecule has 0 aromatic heterocycles. The first kappa shape index (κ1) is 18.4. The van der Waals surface area contributed by atoms with Gasteiger partial charge in [-0.1, -0.05) is 6.07 Å². The second kappa shape index (κ2) is 7.29. The molecule has 0 atom stereocenters. The molecule has 0 saturated carbocycles. The van der Waals surface area contributed by atoms with Crippen LogP contribution in [0.15, 0.2) is 36.4 Å². The van der Waals surface area contributed by atoms with Gasteiger partial charge >= 0.3 is 6.18 Å². The van der Waals surface area contributed by atoms with Gasteiger partial charge in [0.1, 0.15) is 0 Å². The molecule has 0 heterocycles. The Hall–Kier alpha value is -2.97. The number of methoxy groups -OCH3 is 2. The Bertz CT molecular complexity index is 778. The predicted octanol–water partition coefficient (Wildman–Crippen LogP) is 4.24. The van der Waals surface area contributed by atoms with Gasteiger partial charge in [-0.25, -0.2) is 0 Å². The summed E-state index contributed by atoms with van der Waals surface area (Å²) in [6.07, 6.45) is -4.72. The van der Waals surface area contributed by atoms with Gasteiger partial charge in [-0.2, -0.15) is 13.2 Å². The summed E-state index contributed by atoms with van der Waals surface area (Å²) in [5.74, 6) is 0.944. The molecule has 0 bridgehead atoms. The number of nitro groups is 1. The molecule has 0 amide bonds. The minimum atomic E-state index is -4.72. The molecule has 2 aromatic rings. The number of hydrogen-bond donors (Lipinski definition) is 1. The lowest BCUT2D eigenvalue weighted by molar-refractivity contribution is -0.385. The van der Waals surface area contributed by atoms with Crippen LogP contribution >= 0.6 is 0 Å². The molecular formula is C16H15F3N2O4. The predicted molar refractivity (Wildman–Crippen MR) is 85.0 cm³/mol. The van der Waals surface area contributed by atoms with Crippen molar-refractivity contribution in [1.29, 1.82) is 0 Å². The largest absolute Gasteiger partial charge is 0.493 e. The quantitative estimate of drug-likeness (QED) is 0.619. The third-order valence-corrected chi connectivity index (χ3v) is 3.45. The summed E-state index contributed by atoms with van der Waals surface area (Å²) >= 11 is 0. The molecule has 0 spiro atoms. The van der Waals surface area contributed by atoms with Crippen molar-refractivity contribution in [3.63, 3.8) is 0 Å². The van der Waals surface area contributed by atoms with E-state index in [1.807, 2.05) is 0 Å². The highest BCUT2D eigenvalue weighted by Crippen LogP contribution is 2.37. The number of anilines is 1. The fraction of sp³-hybridized carbons (Fsp3) is 0.250. The molecule has 2 aromatic carbocycles. The lowest BCUT2D eigenvalue weighted by Crippen LogP contribution is -2.11. The van der Waals surface area contributed by atoms with E-state index in [0.717, 1.165) is 12.1 Å². The van der Waals surface area contributed by atoms with Gasteiger partial charge in [0.2, 0.25) is 0 Å². The molecule has 0 saturated heterocycles. The molecule has 9 heteroatoms. The Kier molecular flexibility index (Phi) is 5.35. The summed E-state index contributed by atoms with van der Waals surface area (Å²) in [6.45, 7) is 0.0707. The van der Waals surface area contributed by atoms with Gasteiger partial charge in [0.05, 0.1) is 24.7 Å². The number of alkyl halides is 3. The molecule has 0 aliphatic carbocycles. The maximum Gasteiger partial charge on any atom is 0.418 e. The van der Waals surface area contributed by atoms with Crippen LogP contribution in [0.3, 0.4) is 0 Å². The number of halogens is 3. The summed E-state index contributed by atoms with van der Waals surface area (Å²) in [5, 5.41) is 13.3. The maximum atomic E-state index is 13.1. The van der Waals surface area contributed by atoms with Gasteiger partial charge in [0.15, 0.2) is 11.5 Å². The molecular weight excluding hydrogens is 341 g/mol. The summed E-state index contributed by atoms with van der Waals surface area (Å²) in [6, 6.07) is 7.51. The first-order valence-electron chi connectivity index (χ1n) is 7.06. The van der Waals surface area contributed by atoms with E-state index in [2.05, 4.69) is 5.32 Å². The van der Waals surface area contributed by atoms with Crippen molar-refractivity contribution in [2.75, 3.05) is 19.5 Å². The van der Waals surface area contributed by atoms with Crippen LogP contribution in [-0.4, -0.2) is 19.1 Å². The van der Waals surface area contributed by atoms with E-state index >= 15 is 0 Å². The van der Waals surface area contributed by atoms with Crippen molar-refractivity contribution in [3.8, 4) is 11.5 Å². The van der Waals surface area contributed by atoms with Crippen molar-refractivity contribution < 1.29 is 27.6 Å². The lowest BCUT2D eigenvalue weighted by Gasteiger charge is -2.15. The number of nitrogens with zero attached hydrogens (tertiary/aromatic N) is 1. The molecule has 6 nitrogen and oxygen atoms in total. The average molecular weight is 356 g/mol. The third-order valence-electron chi connectivity index (χ3n) is 3.45. The fourth-order valence-electron chi connectivity index (χ4n) is 2.22. The van der Waals surface area contributed by atoms with Crippen LogP contribution in [0.1, 0.15) is 11.1 Å². The maximum absolute atomic E-state index is 13.1. The number of non-ortho nitro benzene ring substituents is 1. The van der Waals surface area contributed by atoms with Gasteiger partial charge in [-0.05, 0) is 23.8 Å². The molecule has 0 unspecified atom stereocenters. The number of nitro benzene ring substituents is 1. The zero-order valence-corrected chi connectivity index (χ0v) is 13.4. The molecule has 25 heavy (non-hydrogen) atoms. The summed E-state index contributed by atoms with van der Waals surface area (Å²) < 4.78 is 49.6. The molecule has 0 radical (unpaired) electrons. The molecule has 2 rings (SSSR count). The van der Waals surface area contributed by atoms with Crippen molar-refractivity contribution >= 4 is 11.4 Å². The average Bonchev–Trinajstić information content (AvgIpc) is 2.58. The van der Waals surface area contributed by atoms with Gasteiger partial charge in [-0.15, -0.1) is 0 Å². The lowest BCUT2D eigenvalue weighted by atomic mass is 10.1. The highest BCUT2D eigenvalue weighted by Gasteiger charge is 2.35. The Balaban J connectivity index is 2.27. The van der Waals surface area contributed by atoms with E-state index in [9.17, 15) is 23.3 Å². The minimum absolute atomic E-state index is 0.0707. The summed E-state index contributed by atoms with van der Waals surface area (Å²) in [5.41, 5.74) is -1.30. The molecule has 0 fully saturated rings. The Morgan fingerprint density at radius 1 is 1.08 bits per heavy atom. The monoisotopic (exact) mass is 356 g/mol. The smallest absolute Gasteiger partial charge is 0.418 e. The number of hydrogen-bond acceptors (Lipinski definition) is 5. The Morgan fingerprint density at radius 2 is 1.76 bits per heavy atom. The minimum Gasteiger partial charge on any atom is -0.493 e. The van der Waals surface area contributed by atoms with Crippen LogP contribution in [0.25, 0.3) is 0 Å². The Morgan fingerprint density at radius 3 is 2.32 bits per heavy atom. The van der Waals surface area contributed by atoms with E-state index in [0.29, 0.717) is 23.1 Å². The first-order chi connectivity index (χ1) is 11.8. The summed E-state index contributed by atoms with van der Waals surface area (Å²) in [4.78, 5) is 9.83. The van der Waals surface area contributed by atoms with Crippen LogP contribution in [0, 0.1) is 10.1 Å². The van der Waals surface area contributed by atoms with Crippen molar-refractivity contribution in [3.05, 3.63) is 57.6 Å². The number of ether oxygens (including phenoxy) is 2. The standard InChI is InChI=1S/C16H15F3N2O4/c1-24-14-6-3-10(7-15(14)25-2)9-20-13-5-4-11(21(22)23)8-12(13)16(17,18)19/h3-8,20H,9H2,1-2H3. The zero-order chi connectivity index (χ0) is 18.6. The van der Waals surface area contributed by atoms with Crippen molar-refractivity contribution in [2.24, 2.45) is 0 Å². The van der Waals surface area contributed by atoms with Crippen LogP contribution in [0.2, 0.25) is 0 Å². The van der Waals surface area contributed by atoms with Gasteiger partial charge in [0.25, 0.3) is 5.69 Å². The molecule has 134 valence electrons. The summed E-state index contributed by atoms with van der Waals surface area (Å²) in [7, 11) is 2.93. The van der Waals surface area contributed by atoms with E-state index in [4.69, 9.17) is 9.47 Å². The Labute approximate surface area is 141 Å². The van der Waals surface area contributed by atoms with Crippen LogP contribution in [-0.2, 0) is 12.7 Å². The molecule has 0 aliphatic rings. The second-order valence-corrected chi connectivity index (χ2v) is 5.03. The van der Waals surface area contributed by atoms with E-state index < -0.39 is 22.4 Å². The number of nitrogens with one attached hydrogen (secondary N) is 1. The normalized spacial score (nSPS) is 11.1. The zero-order valence-electron chi connectivity index (χ0n) is 13.4. The highest BCUT2D eigenvalue weighted by molar-refractivity contribution is 5.58. The highest BCUT2D eigenvalue weighted by atomic mass is 19.4. The van der Waals surface area contributed by atoms with E-state index in [1.54, 1.807) is 18.2 Å². The van der Waals surface area contributed by atoms with Crippen molar-refractivity contribution in [2.45, 2.75) is 12.7 Å². The van der Waals surface area contributed by atoms with Crippen LogP contribution < -0.4 is 14.8 Å². The van der Waals surface area contributed by atoms with Gasteiger partial charge < -0.3 is 14.8 Å². The van der Waals surface area contributed by atoms with Gasteiger partial charge in [0, 0.05) is 24.4 Å². The van der Waals surface area contributed by atoms with E-state index in [-0.39, 0.29) is 12.2 Å². The fourth-order valence-corrected chi connectivity index (χ4v) is 2.22. The molecule has 0 aliphatic heterocycles. The van der Waals surface area contributed by atoms with Crippen LogP contribution in [0.4, 0.5) is 24.5 Å². The SMILES string of the molecule is COc1ccc(CNc2ccc([N+](=O)[O-])cc2C(F)(F)F)cc1OC. The van der Waals surface area contributed by atoms with Crippen molar-refractivity contribution in [1.82, 2.24) is 0 Å². The second-order valence-electron chi connectivity index (χ2n) is 5.03. The third kappa shape index (κ3) is 4.31. The van der Waals surface area contributed by atoms with Crippen LogP contribution in [0.5, 0.6) is 11.5 Å². The number of rotatable bonds is 6. The number of benzene rings is 2. The van der Waals surface area contributed by atoms with E-state index in [1.165, 1.54) is 14.2 Å². The van der Waals surface area contributed by atoms with Gasteiger partial charge in [-0.3, -0.25) is 10.1 Å². The first-order valence-corrected chi connectivity index (χ1v) is 7.06. The molecule has 1 N–H and O–H groups in total. The topological polar surface area (TPSA) is 73.6 Å².